The molecular formula is C16H21ClFN3O2. The Morgan fingerprint density at radius 1 is 1.26 bits per heavy atom. The molecule has 4 atom stereocenters. The monoisotopic (exact) mass is 341 g/mol. The number of halogens is 2. The van der Waals surface area contributed by atoms with E-state index in [1.165, 1.54) is 18.2 Å². The Hall–Kier alpha value is -1.66. The molecule has 0 saturated heterocycles. The first kappa shape index (κ1) is 17.7. The first-order valence-corrected chi connectivity index (χ1v) is 7.63. The Morgan fingerprint density at radius 2 is 2.00 bits per heavy atom. The highest BCUT2D eigenvalue weighted by Crippen LogP contribution is 2.47. The molecule has 7 heteroatoms. The van der Waals surface area contributed by atoms with Crippen LogP contribution in [0.4, 0.5) is 10.1 Å². The smallest absolute Gasteiger partial charge is 0.243 e. The van der Waals surface area contributed by atoms with Gasteiger partial charge >= 0.3 is 0 Å². The molecule has 2 amide bonds. The lowest BCUT2D eigenvalue weighted by Crippen LogP contribution is -2.46. The van der Waals surface area contributed by atoms with E-state index in [9.17, 15) is 14.0 Å². The Labute approximate surface area is 140 Å². The summed E-state index contributed by atoms with van der Waals surface area (Å²) >= 11 is 0. The van der Waals surface area contributed by atoms with Gasteiger partial charge in [0.1, 0.15) is 5.82 Å². The number of benzene rings is 1. The standard InChI is InChI=1S/C16H20FN3O2.ClH/c17-11-2-1-3-12(7-11)20-13(21)8-19-16(22)14-9-4-5-10(6-9)15(14)18;/h1-3,7,9-10,14-15H,4-6,8,18H2,(H,19,22)(H,20,21);1H. The third-order valence-corrected chi connectivity index (χ3v) is 4.81. The fourth-order valence-electron chi connectivity index (χ4n) is 3.78. The molecule has 5 nitrogen and oxygen atoms in total. The predicted octanol–water partition coefficient (Wildman–Crippen LogP) is 1.68. The lowest BCUT2D eigenvalue weighted by Gasteiger charge is -2.26. The number of fused-ring (bicyclic) bond motifs is 2. The fourth-order valence-corrected chi connectivity index (χ4v) is 3.78. The van der Waals surface area contributed by atoms with Crippen LogP contribution in [0, 0.1) is 23.6 Å². The van der Waals surface area contributed by atoms with Gasteiger partial charge in [-0.1, -0.05) is 6.07 Å². The second-order valence-corrected chi connectivity index (χ2v) is 6.21. The van der Waals surface area contributed by atoms with Gasteiger partial charge in [-0.25, -0.2) is 4.39 Å². The first-order chi connectivity index (χ1) is 10.5. The average Bonchev–Trinajstić information content (AvgIpc) is 3.05. The van der Waals surface area contributed by atoms with Crippen LogP contribution >= 0.6 is 12.4 Å². The molecule has 23 heavy (non-hydrogen) atoms. The van der Waals surface area contributed by atoms with Crippen molar-refractivity contribution in [3.63, 3.8) is 0 Å². The van der Waals surface area contributed by atoms with Crippen LogP contribution in [0.15, 0.2) is 24.3 Å². The summed E-state index contributed by atoms with van der Waals surface area (Å²) in [5.74, 6) is -0.326. The van der Waals surface area contributed by atoms with Crippen molar-refractivity contribution in [2.45, 2.75) is 25.3 Å². The molecule has 2 saturated carbocycles. The summed E-state index contributed by atoms with van der Waals surface area (Å²) < 4.78 is 13.0. The molecule has 4 unspecified atom stereocenters. The van der Waals surface area contributed by atoms with Gasteiger partial charge in [0.05, 0.1) is 12.5 Å². The maximum absolute atomic E-state index is 13.0. The van der Waals surface area contributed by atoms with Crippen molar-refractivity contribution in [3.8, 4) is 0 Å². The second-order valence-electron chi connectivity index (χ2n) is 6.21. The third kappa shape index (κ3) is 3.82. The molecule has 126 valence electrons. The predicted molar refractivity (Wildman–Crippen MR) is 87.6 cm³/mol. The summed E-state index contributed by atoms with van der Waals surface area (Å²) in [6.07, 6.45) is 3.18. The number of anilines is 1. The number of carbonyl (C=O) groups excluding carboxylic acids is 2. The van der Waals surface area contributed by atoms with E-state index >= 15 is 0 Å². The first-order valence-electron chi connectivity index (χ1n) is 7.63. The van der Waals surface area contributed by atoms with E-state index in [1.807, 2.05) is 0 Å². The number of nitrogens with one attached hydrogen (secondary N) is 2. The highest BCUT2D eigenvalue weighted by molar-refractivity contribution is 5.95. The molecule has 2 bridgehead atoms. The Balaban J connectivity index is 0.00000192. The highest BCUT2D eigenvalue weighted by Gasteiger charge is 2.48. The average molecular weight is 342 g/mol. The van der Waals surface area contributed by atoms with Crippen molar-refractivity contribution < 1.29 is 14.0 Å². The van der Waals surface area contributed by atoms with Crippen LogP contribution in [0.3, 0.4) is 0 Å². The van der Waals surface area contributed by atoms with Crippen LogP contribution in [0.1, 0.15) is 19.3 Å². The Bertz CT molecular complexity index is 596. The Kier molecular flexibility index (Phi) is 5.59. The van der Waals surface area contributed by atoms with Gasteiger partial charge < -0.3 is 16.4 Å². The fraction of sp³-hybridized carbons (Fsp3) is 0.500. The minimum atomic E-state index is -0.421. The number of rotatable bonds is 4. The van der Waals surface area contributed by atoms with Crippen molar-refractivity contribution in [1.82, 2.24) is 5.32 Å². The van der Waals surface area contributed by atoms with Crippen LogP contribution < -0.4 is 16.4 Å². The van der Waals surface area contributed by atoms with Gasteiger partial charge in [-0.3, -0.25) is 9.59 Å². The lowest BCUT2D eigenvalue weighted by atomic mass is 9.84. The van der Waals surface area contributed by atoms with E-state index < -0.39 is 5.82 Å². The molecule has 2 aliphatic carbocycles. The van der Waals surface area contributed by atoms with Crippen LogP contribution in [0.2, 0.25) is 0 Å². The molecule has 0 spiro atoms. The van der Waals surface area contributed by atoms with Crippen molar-refractivity contribution in [1.29, 1.82) is 0 Å². The summed E-state index contributed by atoms with van der Waals surface area (Å²) in [6.45, 7) is -0.129. The number of carbonyl (C=O) groups is 2. The van der Waals surface area contributed by atoms with E-state index in [-0.39, 0.29) is 42.7 Å². The molecule has 0 heterocycles. The van der Waals surface area contributed by atoms with Crippen molar-refractivity contribution in [3.05, 3.63) is 30.1 Å². The summed E-state index contributed by atoms with van der Waals surface area (Å²) in [5, 5.41) is 5.20. The molecule has 1 aromatic rings. The van der Waals surface area contributed by atoms with Crippen LogP contribution in [0.5, 0.6) is 0 Å². The highest BCUT2D eigenvalue weighted by atomic mass is 35.5. The number of hydrogen-bond acceptors (Lipinski definition) is 3. The van der Waals surface area contributed by atoms with Gasteiger partial charge in [0.25, 0.3) is 0 Å². The molecule has 3 rings (SSSR count). The van der Waals surface area contributed by atoms with Crippen LogP contribution in [0.25, 0.3) is 0 Å². The quantitative estimate of drug-likeness (QED) is 0.779. The van der Waals surface area contributed by atoms with Gasteiger partial charge in [0.2, 0.25) is 11.8 Å². The minimum absolute atomic E-state index is 0. The zero-order chi connectivity index (χ0) is 15.7. The molecule has 0 aliphatic heterocycles. The summed E-state index contributed by atoms with van der Waals surface area (Å²) in [5.41, 5.74) is 6.48. The van der Waals surface area contributed by atoms with E-state index in [0.717, 1.165) is 19.3 Å². The zero-order valence-corrected chi connectivity index (χ0v) is 13.4. The molecule has 4 N–H and O–H groups in total. The van der Waals surface area contributed by atoms with Crippen molar-refractivity contribution in [2.75, 3.05) is 11.9 Å². The molecule has 1 aromatic carbocycles. The van der Waals surface area contributed by atoms with E-state index in [4.69, 9.17) is 5.73 Å². The maximum atomic E-state index is 13.0. The molecular weight excluding hydrogens is 321 g/mol. The molecule has 0 aromatic heterocycles. The van der Waals surface area contributed by atoms with E-state index in [0.29, 0.717) is 17.5 Å². The number of hydrogen-bond donors (Lipinski definition) is 3. The normalized spacial score (nSPS) is 28.1. The van der Waals surface area contributed by atoms with E-state index in [1.54, 1.807) is 6.07 Å². The SMILES string of the molecule is Cl.NC1C2CCC(C2)C1C(=O)NCC(=O)Nc1cccc(F)c1. The van der Waals surface area contributed by atoms with Gasteiger partial charge in [-0.15, -0.1) is 12.4 Å². The number of amides is 2. The van der Waals surface area contributed by atoms with Gasteiger partial charge in [0, 0.05) is 11.7 Å². The zero-order valence-electron chi connectivity index (χ0n) is 12.6. The van der Waals surface area contributed by atoms with Crippen molar-refractivity contribution in [2.24, 2.45) is 23.5 Å². The number of nitrogens with two attached hydrogens (primary N) is 1. The maximum Gasteiger partial charge on any atom is 0.243 e. The van der Waals surface area contributed by atoms with Gasteiger partial charge in [-0.05, 0) is 49.3 Å². The Morgan fingerprint density at radius 3 is 2.65 bits per heavy atom. The summed E-state index contributed by atoms with van der Waals surface area (Å²) in [4.78, 5) is 24.0. The van der Waals surface area contributed by atoms with Gasteiger partial charge in [-0.2, -0.15) is 0 Å². The summed E-state index contributed by atoms with van der Waals surface area (Å²) in [6, 6.07) is 5.54. The summed E-state index contributed by atoms with van der Waals surface area (Å²) in [7, 11) is 0. The second kappa shape index (κ2) is 7.27. The molecule has 2 aliphatic rings. The third-order valence-electron chi connectivity index (χ3n) is 4.81. The van der Waals surface area contributed by atoms with Crippen LogP contribution in [-0.4, -0.2) is 24.4 Å². The largest absolute Gasteiger partial charge is 0.347 e. The van der Waals surface area contributed by atoms with E-state index in [2.05, 4.69) is 10.6 Å². The molecule has 2 fully saturated rings. The van der Waals surface area contributed by atoms with Gasteiger partial charge in [0.15, 0.2) is 0 Å². The molecule has 0 radical (unpaired) electrons. The minimum Gasteiger partial charge on any atom is -0.347 e. The topological polar surface area (TPSA) is 84.2 Å². The van der Waals surface area contributed by atoms with Crippen LogP contribution in [-0.2, 0) is 9.59 Å². The lowest BCUT2D eigenvalue weighted by molar-refractivity contribution is -0.129. The van der Waals surface area contributed by atoms with Crippen molar-refractivity contribution >= 4 is 29.9 Å².